The van der Waals surface area contributed by atoms with Gasteiger partial charge in [0.15, 0.2) is 0 Å². The first-order valence-electron chi connectivity index (χ1n) is 12.8. The molecule has 12 heteroatoms. The third-order valence-corrected chi connectivity index (χ3v) is 7.08. The number of halogens is 2. The molecule has 4 rings (SSSR count). The van der Waals surface area contributed by atoms with Crippen molar-refractivity contribution < 1.29 is 22.4 Å². The van der Waals surface area contributed by atoms with Gasteiger partial charge in [0.25, 0.3) is 0 Å². The highest BCUT2D eigenvalue weighted by molar-refractivity contribution is 7.90. The third-order valence-electron chi connectivity index (χ3n) is 5.84. The van der Waals surface area contributed by atoms with Crippen LogP contribution in [0.1, 0.15) is 18.4 Å². The van der Waals surface area contributed by atoms with Gasteiger partial charge >= 0.3 is 0 Å². The number of hydrogen-bond acceptors (Lipinski definition) is 9. The molecule has 0 radical (unpaired) electrons. The van der Waals surface area contributed by atoms with Crippen molar-refractivity contribution in [3.63, 3.8) is 0 Å². The minimum atomic E-state index is -2.94. The summed E-state index contributed by atoms with van der Waals surface area (Å²) in [5.74, 6) is 0.934. The van der Waals surface area contributed by atoms with Gasteiger partial charge in [0.2, 0.25) is 0 Å². The van der Waals surface area contributed by atoms with Crippen LogP contribution in [0.3, 0.4) is 0 Å². The first-order valence-corrected chi connectivity index (χ1v) is 15.2. The average Bonchev–Trinajstić information content (AvgIpc) is 2.91. The Labute approximate surface area is 238 Å². The van der Waals surface area contributed by atoms with Crippen LogP contribution in [0.5, 0.6) is 5.75 Å². The van der Waals surface area contributed by atoms with Gasteiger partial charge in [-0.15, -0.1) is 0 Å². The molecule has 0 atom stereocenters. The van der Waals surface area contributed by atoms with Gasteiger partial charge in [-0.3, -0.25) is 4.99 Å². The van der Waals surface area contributed by atoms with Gasteiger partial charge < -0.3 is 20.2 Å². The minimum absolute atomic E-state index is 0.133. The molecule has 1 heterocycles. The maximum absolute atomic E-state index is 13.4. The number of anilines is 1. The van der Waals surface area contributed by atoms with Crippen LogP contribution < -0.4 is 15.4 Å². The zero-order chi connectivity index (χ0) is 28.4. The summed E-state index contributed by atoms with van der Waals surface area (Å²) in [6.07, 6.45) is 8.42. The lowest BCUT2D eigenvalue weighted by Crippen LogP contribution is -2.26. The van der Waals surface area contributed by atoms with Gasteiger partial charge in [0, 0.05) is 24.1 Å². The maximum Gasteiger partial charge on any atom is 0.148 e. The van der Waals surface area contributed by atoms with E-state index in [-0.39, 0.29) is 18.2 Å². The summed E-state index contributed by atoms with van der Waals surface area (Å²) in [6.45, 7) is 2.10. The molecule has 0 saturated carbocycles. The lowest BCUT2D eigenvalue weighted by atomic mass is 10.0. The zero-order valence-electron chi connectivity index (χ0n) is 22.1. The van der Waals surface area contributed by atoms with E-state index in [4.69, 9.17) is 21.2 Å². The van der Waals surface area contributed by atoms with Crippen molar-refractivity contribution in [1.29, 1.82) is 0 Å². The molecular weight excluding hydrogens is 557 g/mol. The van der Waals surface area contributed by atoms with E-state index in [0.29, 0.717) is 47.7 Å². The summed E-state index contributed by atoms with van der Waals surface area (Å²) in [5, 5.41) is 11.0. The number of nitrogens with zero attached hydrogens (tertiary/aromatic N) is 3. The highest BCUT2D eigenvalue weighted by Crippen LogP contribution is 2.29. The van der Waals surface area contributed by atoms with Crippen molar-refractivity contribution in [1.82, 2.24) is 5.32 Å². The van der Waals surface area contributed by atoms with Crippen LogP contribution in [0.4, 0.5) is 10.1 Å². The van der Waals surface area contributed by atoms with Crippen LogP contribution in [0, 0.1) is 5.82 Å². The molecule has 0 fully saturated rings. The molecule has 0 amide bonds. The highest BCUT2D eigenvalue weighted by atomic mass is 35.5. The number of allylic oxidation sites excluding steroid dienone is 3. The second-order valence-electron chi connectivity index (χ2n) is 9.21. The van der Waals surface area contributed by atoms with Crippen molar-refractivity contribution in [3.05, 3.63) is 82.7 Å². The Bertz CT molecular complexity index is 1470. The number of hydrogen-bond donors (Lipinski definition) is 2. The molecule has 1 aliphatic heterocycles. The minimum Gasteiger partial charge on any atom is -0.487 e. The average molecular weight is 588 g/mol. The van der Waals surface area contributed by atoms with E-state index in [2.05, 4.69) is 25.8 Å². The molecule has 0 bridgehead atoms. The van der Waals surface area contributed by atoms with E-state index >= 15 is 0 Å². The number of fused-ring (bicyclic) bond motifs is 1. The fourth-order valence-corrected chi connectivity index (χ4v) is 4.57. The number of oxime groups is 1. The van der Waals surface area contributed by atoms with Gasteiger partial charge in [-0.2, -0.15) is 0 Å². The van der Waals surface area contributed by atoms with Crippen LogP contribution in [0.2, 0.25) is 5.02 Å². The molecule has 0 aromatic heterocycles. The van der Waals surface area contributed by atoms with Gasteiger partial charge in [-0.25, -0.2) is 17.8 Å². The molecule has 212 valence electrons. The summed E-state index contributed by atoms with van der Waals surface area (Å²) in [5.41, 5.74) is 3.64. The third kappa shape index (κ3) is 9.29. The van der Waals surface area contributed by atoms with Crippen molar-refractivity contribution in [3.8, 4) is 5.75 Å². The lowest BCUT2D eigenvalue weighted by molar-refractivity contribution is 0.140. The van der Waals surface area contributed by atoms with E-state index in [1.165, 1.54) is 18.4 Å². The molecule has 2 N–H and O–H groups in total. The summed E-state index contributed by atoms with van der Waals surface area (Å²) in [6, 6.07) is 11.5. The lowest BCUT2D eigenvalue weighted by Gasteiger charge is -2.20. The largest absolute Gasteiger partial charge is 0.487 e. The Morgan fingerprint density at radius 2 is 1.98 bits per heavy atom. The summed E-state index contributed by atoms with van der Waals surface area (Å²) in [7, 11) is -2.94. The number of sulfone groups is 1. The Hall–Kier alpha value is -3.54. The molecule has 0 spiro atoms. The maximum atomic E-state index is 13.4. The second-order valence-corrected chi connectivity index (χ2v) is 11.9. The van der Waals surface area contributed by atoms with E-state index in [0.717, 1.165) is 36.4 Å². The number of rotatable bonds is 13. The molecule has 9 nitrogen and oxygen atoms in total. The van der Waals surface area contributed by atoms with E-state index in [1.807, 2.05) is 24.3 Å². The predicted octanol–water partition coefficient (Wildman–Crippen LogP) is 4.56. The van der Waals surface area contributed by atoms with Crippen molar-refractivity contribution >= 4 is 44.4 Å². The van der Waals surface area contributed by atoms with Gasteiger partial charge in [-0.05, 0) is 73.5 Å². The van der Waals surface area contributed by atoms with Gasteiger partial charge in [0.05, 0.1) is 16.5 Å². The number of amidine groups is 1. The molecule has 0 saturated heterocycles. The van der Waals surface area contributed by atoms with Crippen molar-refractivity contribution in [2.24, 2.45) is 15.1 Å². The van der Waals surface area contributed by atoms with Gasteiger partial charge in [-0.1, -0.05) is 28.9 Å². The topological polar surface area (TPSA) is 114 Å². The fraction of sp³-hybridized carbons (Fsp3) is 0.321. The van der Waals surface area contributed by atoms with Crippen LogP contribution in [-0.2, 0) is 21.3 Å². The quantitative estimate of drug-likeness (QED) is 0.202. The predicted molar refractivity (Wildman–Crippen MR) is 158 cm³/mol. The first-order chi connectivity index (χ1) is 19.3. The standard InChI is InChI=1S/C28H31ClFN5O4S/c1-40(36,37)14-12-31-11-2-3-13-39-35-23-7-9-26-24(16-23)28(33-19-32-26)34-22-8-10-27(25(29)17-22)38-18-20-5-4-6-21(30)15-20/h4-10,15-17,31H,2-3,11-14,18-19H2,1H3,(H,33,34)/b35-23-. The molecule has 2 aromatic rings. The number of ether oxygens (including phenoxy) is 1. The van der Waals surface area contributed by atoms with Crippen LogP contribution >= 0.6 is 11.6 Å². The molecular formula is C28H31ClFN5O4S. The van der Waals surface area contributed by atoms with Crippen molar-refractivity contribution in [2.45, 2.75) is 19.4 Å². The van der Waals surface area contributed by atoms with E-state index in [9.17, 15) is 12.8 Å². The summed E-state index contributed by atoms with van der Waals surface area (Å²) in [4.78, 5) is 14.4. The molecule has 0 unspecified atom stereocenters. The van der Waals surface area contributed by atoms with E-state index < -0.39 is 9.84 Å². The molecule has 2 aromatic carbocycles. The number of aliphatic imine (C=N–C) groups is 2. The number of nitrogens with one attached hydrogen (secondary N) is 2. The molecule has 1 aliphatic carbocycles. The van der Waals surface area contributed by atoms with Crippen LogP contribution in [-0.4, -0.2) is 64.1 Å². The molecule has 40 heavy (non-hydrogen) atoms. The number of benzene rings is 2. The fourth-order valence-electron chi connectivity index (χ4n) is 3.82. The number of unbranched alkanes of at least 4 members (excludes halogenated alkanes) is 1. The SMILES string of the molecule is CS(=O)(=O)CCNCCCCO/N=C1/C=CC2=NCN=C(Nc3ccc(OCc4cccc(F)c4)c(Cl)c3)C2=C1. The molecule has 2 aliphatic rings. The van der Waals surface area contributed by atoms with Crippen LogP contribution in [0.15, 0.2) is 81.4 Å². The summed E-state index contributed by atoms with van der Waals surface area (Å²) < 4.78 is 41.4. The first kappa shape index (κ1) is 29.4. The zero-order valence-corrected chi connectivity index (χ0v) is 23.6. The van der Waals surface area contributed by atoms with E-state index in [1.54, 1.807) is 24.3 Å². The normalized spacial score (nSPS) is 15.7. The Kier molecular flexibility index (Phi) is 10.5. The van der Waals surface area contributed by atoms with Gasteiger partial charge in [0.1, 0.15) is 52.8 Å². The van der Waals surface area contributed by atoms with Crippen LogP contribution in [0.25, 0.3) is 0 Å². The Morgan fingerprint density at radius 1 is 1.10 bits per heavy atom. The highest BCUT2D eigenvalue weighted by Gasteiger charge is 2.20. The Morgan fingerprint density at radius 3 is 2.77 bits per heavy atom. The van der Waals surface area contributed by atoms with Crippen molar-refractivity contribution in [2.75, 3.05) is 43.7 Å². The monoisotopic (exact) mass is 587 g/mol. The Balaban J connectivity index is 1.28. The smallest absolute Gasteiger partial charge is 0.148 e. The summed E-state index contributed by atoms with van der Waals surface area (Å²) >= 11 is 6.45. The second kappa shape index (κ2) is 14.2.